The number of hydrogen-bond donors (Lipinski definition) is 1. The average molecular weight is 268 g/mol. The summed E-state index contributed by atoms with van der Waals surface area (Å²) in [5.41, 5.74) is 6.60. The minimum atomic E-state index is -0.0797. The number of piperazine rings is 1. The van der Waals surface area contributed by atoms with Crippen molar-refractivity contribution in [1.29, 1.82) is 0 Å². The highest BCUT2D eigenvalue weighted by Crippen LogP contribution is 2.20. The van der Waals surface area contributed by atoms with Gasteiger partial charge in [-0.2, -0.15) is 0 Å². The van der Waals surface area contributed by atoms with E-state index in [1.165, 1.54) is 0 Å². The highest BCUT2D eigenvalue weighted by Gasteiger charge is 2.21. The lowest BCUT2D eigenvalue weighted by molar-refractivity contribution is -0.119. The van der Waals surface area contributed by atoms with Gasteiger partial charge in [-0.25, -0.2) is 0 Å². The number of nitrogens with zero attached hydrogens (tertiary/aromatic N) is 2. The lowest BCUT2D eigenvalue weighted by Crippen LogP contribution is -2.48. The van der Waals surface area contributed by atoms with Crippen molar-refractivity contribution >= 4 is 29.6 Å². The Balaban J connectivity index is 2.07. The summed E-state index contributed by atoms with van der Waals surface area (Å²) < 4.78 is 0. The van der Waals surface area contributed by atoms with E-state index in [2.05, 4.69) is 0 Å². The molecular formula is C12H14ClN3O2. The summed E-state index contributed by atoms with van der Waals surface area (Å²) in [6.07, 6.45) is 0.808. The van der Waals surface area contributed by atoms with Crippen LogP contribution in [0, 0.1) is 0 Å². The predicted molar refractivity (Wildman–Crippen MR) is 69.4 cm³/mol. The molecule has 0 radical (unpaired) electrons. The summed E-state index contributed by atoms with van der Waals surface area (Å²) in [5.74, 6) is -0.0797. The van der Waals surface area contributed by atoms with Gasteiger partial charge in [0.05, 0.1) is 10.7 Å². The lowest BCUT2D eigenvalue weighted by Gasteiger charge is -2.32. The van der Waals surface area contributed by atoms with Gasteiger partial charge in [0.2, 0.25) is 6.41 Å². The Morgan fingerprint density at radius 1 is 1.28 bits per heavy atom. The zero-order valence-electron chi connectivity index (χ0n) is 9.80. The highest BCUT2D eigenvalue weighted by atomic mass is 35.5. The molecule has 1 aromatic carbocycles. The number of halogens is 1. The van der Waals surface area contributed by atoms with Gasteiger partial charge in [-0.15, -0.1) is 0 Å². The van der Waals surface area contributed by atoms with Crippen LogP contribution in [-0.4, -0.2) is 48.3 Å². The summed E-state index contributed by atoms with van der Waals surface area (Å²) in [7, 11) is 0. The maximum atomic E-state index is 12.2. The van der Waals surface area contributed by atoms with E-state index in [4.69, 9.17) is 17.3 Å². The first-order chi connectivity index (χ1) is 8.61. The third-order valence-electron chi connectivity index (χ3n) is 2.99. The van der Waals surface area contributed by atoms with E-state index < -0.39 is 0 Å². The smallest absolute Gasteiger partial charge is 0.254 e. The van der Waals surface area contributed by atoms with Crippen molar-refractivity contribution in [3.63, 3.8) is 0 Å². The SMILES string of the molecule is Nc1cc(C(=O)N2CCN(C=O)CC2)ccc1Cl. The van der Waals surface area contributed by atoms with Gasteiger partial charge in [0.1, 0.15) is 0 Å². The summed E-state index contributed by atoms with van der Waals surface area (Å²) in [6.45, 7) is 2.22. The molecule has 1 heterocycles. The highest BCUT2D eigenvalue weighted by molar-refractivity contribution is 6.33. The Morgan fingerprint density at radius 2 is 1.94 bits per heavy atom. The monoisotopic (exact) mass is 267 g/mol. The topological polar surface area (TPSA) is 66.6 Å². The Labute approximate surface area is 110 Å². The molecule has 0 spiro atoms. The number of hydrogen-bond acceptors (Lipinski definition) is 3. The Kier molecular flexibility index (Phi) is 3.72. The summed E-state index contributed by atoms with van der Waals surface area (Å²) in [4.78, 5) is 26.1. The summed E-state index contributed by atoms with van der Waals surface area (Å²) in [6, 6.07) is 4.86. The van der Waals surface area contributed by atoms with E-state index in [9.17, 15) is 9.59 Å². The molecule has 96 valence electrons. The largest absolute Gasteiger partial charge is 0.398 e. The van der Waals surface area contributed by atoms with Crippen molar-refractivity contribution in [3.8, 4) is 0 Å². The normalized spacial score (nSPS) is 15.6. The van der Waals surface area contributed by atoms with Crippen LogP contribution in [0.3, 0.4) is 0 Å². The standard InChI is InChI=1S/C12H14ClN3O2/c13-10-2-1-9(7-11(10)14)12(18)16-5-3-15(8-17)4-6-16/h1-2,7-8H,3-6,14H2. The first-order valence-corrected chi connectivity index (χ1v) is 6.03. The van der Waals surface area contributed by atoms with Crippen LogP contribution in [-0.2, 0) is 4.79 Å². The number of benzene rings is 1. The van der Waals surface area contributed by atoms with E-state index in [1.807, 2.05) is 0 Å². The number of anilines is 1. The molecule has 1 saturated heterocycles. The summed E-state index contributed by atoms with van der Waals surface area (Å²) >= 11 is 5.81. The van der Waals surface area contributed by atoms with Crippen LogP contribution >= 0.6 is 11.6 Å². The van der Waals surface area contributed by atoms with Gasteiger partial charge >= 0.3 is 0 Å². The van der Waals surface area contributed by atoms with Crippen molar-refractivity contribution in [2.75, 3.05) is 31.9 Å². The number of nitrogen functional groups attached to an aromatic ring is 1. The van der Waals surface area contributed by atoms with E-state index in [0.717, 1.165) is 6.41 Å². The maximum Gasteiger partial charge on any atom is 0.254 e. The molecule has 0 bridgehead atoms. The first kappa shape index (κ1) is 12.7. The van der Waals surface area contributed by atoms with Crippen LogP contribution in [0.2, 0.25) is 5.02 Å². The molecule has 0 saturated carbocycles. The van der Waals surface area contributed by atoms with Gasteiger partial charge < -0.3 is 15.5 Å². The quantitative estimate of drug-likeness (QED) is 0.638. The number of rotatable bonds is 2. The molecule has 0 aliphatic carbocycles. The number of nitrogens with two attached hydrogens (primary N) is 1. The fourth-order valence-electron chi connectivity index (χ4n) is 1.89. The molecule has 5 nitrogen and oxygen atoms in total. The van der Waals surface area contributed by atoms with E-state index >= 15 is 0 Å². The Morgan fingerprint density at radius 3 is 2.50 bits per heavy atom. The van der Waals surface area contributed by atoms with E-state index in [0.29, 0.717) is 42.5 Å². The fraction of sp³-hybridized carbons (Fsp3) is 0.333. The zero-order valence-corrected chi connectivity index (χ0v) is 10.6. The third-order valence-corrected chi connectivity index (χ3v) is 3.34. The minimum Gasteiger partial charge on any atom is -0.398 e. The van der Waals surface area contributed by atoms with Gasteiger partial charge in [0, 0.05) is 31.7 Å². The van der Waals surface area contributed by atoms with Gasteiger partial charge in [0.25, 0.3) is 5.91 Å². The van der Waals surface area contributed by atoms with Gasteiger partial charge in [0.15, 0.2) is 0 Å². The molecule has 6 heteroatoms. The summed E-state index contributed by atoms with van der Waals surface area (Å²) in [5, 5.41) is 0.442. The molecule has 0 atom stereocenters. The van der Waals surface area contributed by atoms with Crippen molar-refractivity contribution in [2.24, 2.45) is 0 Å². The predicted octanol–water partition coefficient (Wildman–Crippen LogP) is 0.836. The zero-order chi connectivity index (χ0) is 13.1. The minimum absolute atomic E-state index is 0.0797. The third kappa shape index (κ3) is 2.56. The van der Waals surface area contributed by atoms with Crippen molar-refractivity contribution < 1.29 is 9.59 Å². The molecular weight excluding hydrogens is 254 g/mol. The second kappa shape index (κ2) is 5.27. The molecule has 2 N–H and O–H groups in total. The van der Waals surface area contributed by atoms with Crippen LogP contribution in [0.25, 0.3) is 0 Å². The van der Waals surface area contributed by atoms with E-state index in [-0.39, 0.29) is 5.91 Å². The molecule has 1 aliphatic heterocycles. The van der Waals surface area contributed by atoms with Crippen molar-refractivity contribution in [1.82, 2.24) is 9.80 Å². The molecule has 1 aromatic rings. The van der Waals surface area contributed by atoms with Gasteiger partial charge in [-0.3, -0.25) is 9.59 Å². The lowest BCUT2D eigenvalue weighted by atomic mass is 10.1. The Bertz CT molecular complexity index is 470. The van der Waals surface area contributed by atoms with Gasteiger partial charge in [-0.05, 0) is 18.2 Å². The van der Waals surface area contributed by atoms with Crippen LogP contribution in [0.4, 0.5) is 5.69 Å². The molecule has 18 heavy (non-hydrogen) atoms. The van der Waals surface area contributed by atoms with Crippen LogP contribution < -0.4 is 5.73 Å². The maximum absolute atomic E-state index is 12.2. The number of carbonyl (C=O) groups excluding carboxylic acids is 2. The second-order valence-electron chi connectivity index (χ2n) is 4.17. The fourth-order valence-corrected chi connectivity index (χ4v) is 2.01. The van der Waals surface area contributed by atoms with Crippen molar-refractivity contribution in [2.45, 2.75) is 0 Å². The molecule has 1 aliphatic rings. The van der Waals surface area contributed by atoms with Crippen LogP contribution in [0.15, 0.2) is 18.2 Å². The van der Waals surface area contributed by atoms with Gasteiger partial charge in [-0.1, -0.05) is 11.6 Å². The van der Waals surface area contributed by atoms with Crippen LogP contribution in [0.5, 0.6) is 0 Å². The van der Waals surface area contributed by atoms with E-state index in [1.54, 1.807) is 28.0 Å². The first-order valence-electron chi connectivity index (χ1n) is 5.65. The Hall–Kier alpha value is -1.75. The molecule has 2 rings (SSSR count). The molecule has 0 aromatic heterocycles. The average Bonchev–Trinajstić information content (AvgIpc) is 2.41. The van der Waals surface area contributed by atoms with Crippen LogP contribution in [0.1, 0.15) is 10.4 Å². The molecule has 1 fully saturated rings. The molecule has 2 amide bonds. The molecule has 0 unspecified atom stereocenters. The number of amides is 2. The van der Waals surface area contributed by atoms with Crippen molar-refractivity contribution in [3.05, 3.63) is 28.8 Å². The number of carbonyl (C=O) groups is 2. The second-order valence-corrected chi connectivity index (χ2v) is 4.58.